The first-order valence-corrected chi connectivity index (χ1v) is 8.21. The van der Waals surface area contributed by atoms with Gasteiger partial charge >= 0.3 is 12.1 Å². The Morgan fingerprint density at radius 2 is 1.88 bits per heavy atom. The number of carbonyl (C=O) groups is 2. The molecule has 0 bridgehead atoms. The second-order valence-electron chi connectivity index (χ2n) is 6.77. The van der Waals surface area contributed by atoms with Crippen LogP contribution in [0.3, 0.4) is 0 Å². The fourth-order valence-corrected chi connectivity index (χ4v) is 1.85. The number of hydrogen-bond donors (Lipinski definition) is 2. The second-order valence-corrected chi connectivity index (χ2v) is 6.77. The molecule has 0 aliphatic carbocycles. The molecule has 1 rings (SSSR count). The smallest absolute Gasteiger partial charge is 0.407 e. The Bertz CT molecular complexity index is 594. The number of nitrogens with zero attached hydrogens (tertiary/aromatic N) is 1. The molecular weight excluding hydrogens is 322 g/mol. The van der Waals surface area contributed by atoms with Gasteiger partial charge in [-0.2, -0.15) is 0 Å². The second kappa shape index (κ2) is 9.66. The summed E-state index contributed by atoms with van der Waals surface area (Å²) in [5, 5.41) is 6.26. The zero-order valence-corrected chi connectivity index (χ0v) is 15.2. The Morgan fingerprint density at radius 3 is 2.48 bits per heavy atom. The van der Waals surface area contributed by atoms with E-state index in [-0.39, 0.29) is 5.84 Å². The number of carbonyl (C=O) groups excluding carboxylic acids is 2. The topological polar surface area (TPSA) is 103 Å². The summed E-state index contributed by atoms with van der Waals surface area (Å²) in [5.41, 5.74) is 6.18. The fraction of sp³-hybridized carbons (Fsp3) is 0.500. The van der Waals surface area contributed by atoms with Crippen LogP contribution in [-0.2, 0) is 20.8 Å². The number of ether oxygens (including phenoxy) is 1. The number of amidine groups is 1. The first-order valence-electron chi connectivity index (χ1n) is 8.21. The normalized spacial score (nSPS) is 13.0. The zero-order chi connectivity index (χ0) is 18.9. The Balaban J connectivity index is 2.31. The minimum atomic E-state index is -0.556. The van der Waals surface area contributed by atoms with E-state index in [1.165, 1.54) is 0 Å². The lowest BCUT2D eigenvalue weighted by molar-refractivity contribution is -0.148. The molecule has 0 heterocycles. The molecule has 0 aliphatic rings. The summed E-state index contributed by atoms with van der Waals surface area (Å²) >= 11 is 0. The highest BCUT2D eigenvalue weighted by atomic mass is 16.7. The van der Waals surface area contributed by atoms with Crippen molar-refractivity contribution in [3.8, 4) is 0 Å². The van der Waals surface area contributed by atoms with Crippen LogP contribution in [0.2, 0.25) is 0 Å². The van der Waals surface area contributed by atoms with Gasteiger partial charge in [-0.25, -0.2) is 9.59 Å². The molecule has 1 amide bonds. The molecule has 1 aromatic rings. The summed E-state index contributed by atoms with van der Waals surface area (Å²) in [6, 6.07) is 9.52. The van der Waals surface area contributed by atoms with Crippen molar-refractivity contribution in [3.05, 3.63) is 35.9 Å². The SMILES string of the molecule is C[C@@H](CCNC(=O)OC(C)(C)C)C(=O)ON=C(N)Cc1ccccc1. The minimum Gasteiger partial charge on any atom is -0.444 e. The van der Waals surface area contributed by atoms with Gasteiger partial charge in [0, 0.05) is 13.0 Å². The molecule has 0 aliphatic heterocycles. The Kier molecular flexibility index (Phi) is 7.91. The van der Waals surface area contributed by atoms with Gasteiger partial charge in [-0.05, 0) is 32.8 Å². The number of nitrogens with one attached hydrogen (secondary N) is 1. The molecule has 0 spiro atoms. The lowest BCUT2D eigenvalue weighted by Crippen LogP contribution is -2.34. The van der Waals surface area contributed by atoms with Gasteiger partial charge in [0.25, 0.3) is 0 Å². The lowest BCUT2D eigenvalue weighted by atomic mass is 10.1. The van der Waals surface area contributed by atoms with Gasteiger partial charge in [-0.3, -0.25) is 0 Å². The predicted molar refractivity (Wildman–Crippen MR) is 95.9 cm³/mol. The fourth-order valence-electron chi connectivity index (χ4n) is 1.85. The highest BCUT2D eigenvalue weighted by Gasteiger charge is 2.18. The maximum atomic E-state index is 11.9. The third-order valence-corrected chi connectivity index (χ3v) is 3.13. The molecule has 7 heteroatoms. The molecule has 138 valence electrons. The van der Waals surface area contributed by atoms with Crippen molar-refractivity contribution < 1.29 is 19.2 Å². The number of benzene rings is 1. The Morgan fingerprint density at radius 1 is 1.24 bits per heavy atom. The molecule has 1 atom stereocenters. The molecular formula is C18H27N3O4. The van der Waals surface area contributed by atoms with Gasteiger partial charge in [0.15, 0.2) is 0 Å². The maximum absolute atomic E-state index is 11.9. The van der Waals surface area contributed by atoms with Crippen molar-refractivity contribution in [1.82, 2.24) is 5.32 Å². The van der Waals surface area contributed by atoms with Crippen LogP contribution in [0.1, 0.15) is 39.7 Å². The number of alkyl carbamates (subject to hydrolysis) is 1. The van der Waals surface area contributed by atoms with Gasteiger partial charge in [0.05, 0.1) is 5.92 Å². The number of rotatable bonds is 7. The highest BCUT2D eigenvalue weighted by molar-refractivity contribution is 5.83. The largest absolute Gasteiger partial charge is 0.444 e. The summed E-state index contributed by atoms with van der Waals surface area (Å²) in [4.78, 5) is 28.2. The molecule has 3 N–H and O–H groups in total. The van der Waals surface area contributed by atoms with Crippen LogP contribution in [0.15, 0.2) is 35.5 Å². The summed E-state index contributed by atoms with van der Waals surface area (Å²) < 4.78 is 5.11. The Labute approximate surface area is 148 Å². The number of oxime groups is 1. The third-order valence-electron chi connectivity index (χ3n) is 3.13. The third kappa shape index (κ3) is 9.34. The average Bonchev–Trinajstić information content (AvgIpc) is 2.51. The molecule has 7 nitrogen and oxygen atoms in total. The molecule has 0 radical (unpaired) electrons. The molecule has 0 aromatic heterocycles. The highest BCUT2D eigenvalue weighted by Crippen LogP contribution is 2.08. The van der Waals surface area contributed by atoms with E-state index in [0.29, 0.717) is 19.4 Å². The van der Waals surface area contributed by atoms with Gasteiger partial charge in [0.2, 0.25) is 0 Å². The molecule has 0 unspecified atom stereocenters. The summed E-state index contributed by atoms with van der Waals surface area (Å²) in [6.07, 6.45) is 0.299. The lowest BCUT2D eigenvalue weighted by Gasteiger charge is -2.19. The summed E-state index contributed by atoms with van der Waals surface area (Å²) in [7, 11) is 0. The van der Waals surface area contributed by atoms with E-state index in [2.05, 4.69) is 10.5 Å². The first-order chi connectivity index (χ1) is 11.7. The predicted octanol–water partition coefficient (Wildman–Crippen LogP) is 2.60. The summed E-state index contributed by atoms with van der Waals surface area (Å²) in [6.45, 7) is 7.34. The van der Waals surface area contributed by atoms with Gasteiger partial charge in [-0.15, -0.1) is 0 Å². The van der Waals surface area contributed by atoms with Crippen LogP contribution >= 0.6 is 0 Å². The minimum absolute atomic E-state index is 0.221. The van der Waals surface area contributed by atoms with Crippen LogP contribution in [-0.4, -0.2) is 30.0 Å². The van der Waals surface area contributed by atoms with Crippen LogP contribution in [0.25, 0.3) is 0 Å². The van der Waals surface area contributed by atoms with Gasteiger partial charge in [0.1, 0.15) is 11.4 Å². The zero-order valence-electron chi connectivity index (χ0n) is 15.2. The van der Waals surface area contributed by atoms with E-state index in [0.717, 1.165) is 5.56 Å². The molecule has 0 fully saturated rings. The van der Waals surface area contributed by atoms with Gasteiger partial charge < -0.3 is 20.6 Å². The van der Waals surface area contributed by atoms with Crippen LogP contribution in [0, 0.1) is 5.92 Å². The Hall–Kier alpha value is -2.57. The van der Waals surface area contributed by atoms with E-state index in [1.54, 1.807) is 27.7 Å². The van der Waals surface area contributed by atoms with Crippen molar-refractivity contribution in [1.29, 1.82) is 0 Å². The molecule has 1 aromatic carbocycles. The molecule has 25 heavy (non-hydrogen) atoms. The molecule has 0 saturated carbocycles. The first kappa shape index (κ1) is 20.5. The maximum Gasteiger partial charge on any atom is 0.407 e. The number of nitrogens with two attached hydrogens (primary N) is 1. The van der Waals surface area contributed by atoms with Crippen molar-refractivity contribution in [2.24, 2.45) is 16.8 Å². The summed E-state index contributed by atoms with van der Waals surface area (Å²) in [5.74, 6) is -0.705. The van der Waals surface area contributed by atoms with Gasteiger partial charge in [-0.1, -0.05) is 42.4 Å². The van der Waals surface area contributed by atoms with Crippen LogP contribution in [0.5, 0.6) is 0 Å². The van der Waals surface area contributed by atoms with E-state index in [9.17, 15) is 9.59 Å². The standard InChI is InChI=1S/C18H27N3O4/c1-13(10-11-20-17(23)24-18(2,3)4)16(22)25-21-15(19)12-14-8-6-5-7-9-14/h5-9,13H,10-12H2,1-4H3,(H2,19,21)(H,20,23)/t13-/m0/s1. The van der Waals surface area contributed by atoms with Crippen molar-refractivity contribution >= 4 is 17.9 Å². The van der Waals surface area contributed by atoms with Crippen molar-refractivity contribution in [2.45, 2.75) is 46.1 Å². The van der Waals surface area contributed by atoms with E-state index >= 15 is 0 Å². The van der Waals surface area contributed by atoms with Crippen molar-refractivity contribution in [3.63, 3.8) is 0 Å². The monoisotopic (exact) mass is 349 g/mol. The quantitative estimate of drug-likeness (QED) is 0.341. The number of amides is 1. The van der Waals surface area contributed by atoms with E-state index in [1.807, 2.05) is 30.3 Å². The molecule has 0 saturated heterocycles. The number of hydrogen-bond acceptors (Lipinski definition) is 5. The van der Waals surface area contributed by atoms with E-state index in [4.69, 9.17) is 15.3 Å². The van der Waals surface area contributed by atoms with Crippen LogP contribution < -0.4 is 11.1 Å². The van der Waals surface area contributed by atoms with Crippen molar-refractivity contribution in [2.75, 3.05) is 6.54 Å². The van der Waals surface area contributed by atoms with E-state index < -0.39 is 23.6 Å². The average molecular weight is 349 g/mol. The van der Waals surface area contributed by atoms with Crippen LogP contribution in [0.4, 0.5) is 4.79 Å².